The van der Waals surface area contributed by atoms with Crippen LogP contribution in [0.15, 0.2) is 24.3 Å². The van der Waals surface area contributed by atoms with E-state index in [1.807, 2.05) is 36.1 Å². The van der Waals surface area contributed by atoms with E-state index in [4.69, 9.17) is 11.6 Å². The molecular weight excluding hydrogens is 362 g/mol. The number of benzene rings is 1. The normalized spacial score (nSPS) is 16.9. The molecule has 7 heteroatoms. The van der Waals surface area contributed by atoms with Crippen molar-refractivity contribution in [2.24, 2.45) is 0 Å². The zero-order chi connectivity index (χ0) is 19.4. The lowest BCUT2D eigenvalue weighted by Gasteiger charge is -2.27. The number of aryl methyl sites for hydroxylation is 1. The first-order valence-corrected chi connectivity index (χ1v) is 10.1. The molecule has 0 spiro atoms. The van der Waals surface area contributed by atoms with Crippen molar-refractivity contribution in [1.82, 2.24) is 25.0 Å². The van der Waals surface area contributed by atoms with E-state index < -0.39 is 0 Å². The molecule has 2 heterocycles. The first-order valence-electron chi connectivity index (χ1n) is 9.74. The maximum atomic E-state index is 12.8. The van der Waals surface area contributed by atoms with Gasteiger partial charge in [-0.2, -0.15) is 0 Å². The zero-order valence-electron chi connectivity index (χ0n) is 16.3. The Balaban J connectivity index is 1.81. The average molecular weight is 390 g/mol. The number of likely N-dealkylation sites (tertiary alicyclic amines) is 1. The molecule has 3 rings (SSSR count). The topological polar surface area (TPSA) is 63.1 Å². The SMILES string of the molecule is CCC(CC)NC(=O)N1CCC[C@@H]1c1nnc(C)n1Cc1ccc(Cl)cc1. The van der Waals surface area contributed by atoms with Crippen molar-refractivity contribution >= 4 is 17.6 Å². The fraction of sp³-hybridized carbons (Fsp3) is 0.550. The highest BCUT2D eigenvalue weighted by atomic mass is 35.5. The highest BCUT2D eigenvalue weighted by Crippen LogP contribution is 2.31. The molecule has 0 bridgehead atoms. The summed E-state index contributed by atoms with van der Waals surface area (Å²) in [7, 11) is 0. The smallest absolute Gasteiger partial charge is 0.318 e. The minimum absolute atomic E-state index is 0.00453. The van der Waals surface area contributed by atoms with Gasteiger partial charge >= 0.3 is 6.03 Å². The summed E-state index contributed by atoms with van der Waals surface area (Å²) in [5.74, 6) is 1.71. The molecule has 2 amide bonds. The predicted octanol–water partition coefficient (Wildman–Crippen LogP) is 4.32. The van der Waals surface area contributed by atoms with Crippen molar-refractivity contribution in [3.8, 4) is 0 Å². The number of hydrogen-bond acceptors (Lipinski definition) is 3. The number of nitrogens with zero attached hydrogens (tertiary/aromatic N) is 4. The first kappa shape index (κ1) is 19.7. The number of hydrogen-bond donors (Lipinski definition) is 1. The quantitative estimate of drug-likeness (QED) is 0.800. The highest BCUT2D eigenvalue weighted by Gasteiger charge is 2.34. The van der Waals surface area contributed by atoms with Crippen LogP contribution in [0.5, 0.6) is 0 Å². The Morgan fingerprint density at radius 3 is 2.63 bits per heavy atom. The second-order valence-corrected chi connectivity index (χ2v) is 7.57. The standard InChI is InChI=1S/C20H28ClN5O/c1-4-17(5-2)22-20(27)25-12-6-7-18(25)19-24-23-14(3)26(19)13-15-8-10-16(21)11-9-15/h8-11,17-18H,4-7,12-13H2,1-3H3,(H,22,27)/t18-/m1/s1. The lowest BCUT2D eigenvalue weighted by molar-refractivity contribution is 0.185. The van der Waals surface area contributed by atoms with Crippen LogP contribution in [0.1, 0.15) is 62.8 Å². The number of urea groups is 1. The molecule has 1 aliphatic rings. The van der Waals surface area contributed by atoms with Crippen LogP contribution < -0.4 is 5.32 Å². The van der Waals surface area contributed by atoms with Gasteiger partial charge in [0.05, 0.1) is 12.6 Å². The van der Waals surface area contributed by atoms with E-state index in [0.29, 0.717) is 6.54 Å². The van der Waals surface area contributed by atoms with Crippen molar-refractivity contribution < 1.29 is 4.79 Å². The molecule has 1 N–H and O–H groups in total. The summed E-state index contributed by atoms with van der Waals surface area (Å²) in [6, 6.07) is 7.99. The Morgan fingerprint density at radius 1 is 1.26 bits per heavy atom. The summed E-state index contributed by atoms with van der Waals surface area (Å²) in [5, 5.41) is 12.6. The van der Waals surface area contributed by atoms with Gasteiger partial charge in [-0.1, -0.05) is 37.6 Å². The monoisotopic (exact) mass is 389 g/mol. The van der Waals surface area contributed by atoms with E-state index in [2.05, 4.69) is 33.9 Å². The summed E-state index contributed by atoms with van der Waals surface area (Å²) in [6.45, 7) is 7.58. The van der Waals surface area contributed by atoms with E-state index in [0.717, 1.165) is 54.5 Å². The summed E-state index contributed by atoms with van der Waals surface area (Å²) in [5.41, 5.74) is 1.13. The molecule has 1 saturated heterocycles. The molecule has 6 nitrogen and oxygen atoms in total. The largest absolute Gasteiger partial charge is 0.335 e. The highest BCUT2D eigenvalue weighted by molar-refractivity contribution is 6.30. The molecule has 1 fully saturated rings. The van der Waals surface area contributed by atoms with Crippen LogP contribution in [0.4, 0.5) is 4.79 Å². The van der Waals surface area contributed by atoms with Crippen LogP contribution in [0, 0.1) is 6.92 Å². The van der Waals surface area contributed by atoms with Crippen molar-refractivity contribution in [2.45, 2.75) is 65.1 Å². The molecule has 1 aromatic heterocycles. The molecule has 1 atom stereocenters. The summed E-state index contributed by atoms with van der Waals surface area (Å²) in [4.78, 5) is 14.7. The number of aromatic nitrogens is 3. The second kappa shape index (κ2) is 8.74. The van der Waals surface area contributed by atoms with E-state index in [1.54, 1.807) is 0 Å². The van der Waals surface area contributed by atoms with Gasteiger partial charge < -0.3 is 14.8 Å². The fourth-order valence-electron chi connectivity index (χ4n) is 3.64. The van der Waals surface area contributed by atoms with Crippen molar-refractivity contribution in [1.29, 1.82) is 0 Å². The number of rotatable bonds is 6. The maximum Gasteiger partial charge on any atom is 0.318 e. The van der Waals surface area contributed by atoms with Gasteiger partial charge in [0.1, 0.15) is 5.82 Å². The molecule has 0 radical (unpaired) electrons. The Morgan fingerprint density at radius 2 is 1.96 bits per heavy atom. The van der Waals surface area contributed by atoms with Gasteiger partial charge in [0.15, 0.2) is 5.82 Å². The number of amides is 2. The number of carbonyl (C=O) groups excluding carboxylic acids is 1. The Hall–Kier alpha value is -2.08. The Labute approximate surface area is 165 Å². The van der Waals surface area contributed by atoms with Crippen molar-refractivity contribution in [3.05, 3.63) is 46.5 Å². The third kappa shape index (κ3) is 4.43. The number of halogens is 1. The first-order chi connectivity index (χ1) is 13.0. The maximum absolute atomic E-state index is 12.8. The molecule has 2 aromatic rings. The van der Waals surface area contributed by atoms with Crippen LogP contribution in [-0.4, -0.2) is 38.3 Å². The molecular formula is C20H28ClN5O. The lowest BCUT2D eigenvalue weighted by atomic mass is 10.1. The van der Waals surface area contributed by atoms with Crippen molar-refractivity contribution in [3.63, 3.8) is 0 Å². The van der Waals surface area contributed by atoms with E-state index in [9.17, 15) is 4.79 Å². The van der Waals surface area contributed by atoms with Crippen LogP contribution in [0.25, 0.3) is 0 Å². The second-order valence-electron chi connectivity index (χ2n) is 7.13. The fourth-order valence-corrected chi connectivity index (χ4v) is 3.77. The molecule has 146 valence electrons. The van der Waals surface area contributed by atoms with Crippen LogP contribution in [-0.2, 0) is 6.54 Å². The van der Waals surface area contributed by atoms with Crippen LogP contribution in [0.2, 0.25) is 5.02 Å². The Bertz CT molecular complexity index is 769. The average Bonchev–Trinajstić information content (AvgIpc) is 3.28. The number of carbonyl (C=O) groups is 1. The van der Waals surface area contributed by atoms with E-state index >= 15 is 0 Å². The molecule has 27 heavy (non-hydrogen) atoms. The lowest BCUT2D eigenvalue weighted by Crippen LogP contribution is -2.44. The summed E-state index contributed by atoms with van der Waals surface area (Å²) in [6.07, 6.45) is 3.77. The van der Waals surface area contributed by atoms with E-state index in [1.165, 1.54) is 0 Å². The zero-order valence-corrected chi connectivity index (χ0v) is 17.0. The molecule has 1 aromatic carbocycles. The van der Waals surface area contributed by atoms with Crippen LogP contribution >= 0.6 is 11.6 Å². The van der Waals surface area contributed by atoms with Gasteiger partial charge in [0.2, 0.25) is 0 Å². The third-order valence-corrected chi connectivity index (χ3v) is 5.60. The van der Waals surface area contributed by atoms with Gasteiger partial charge in [0, 0.05) is 17.6 Å². The molecule has 0 aliphatic carbocycles. The minimum atomic E-state index is -0.0344. The van der Waals surface area contributed by atoms with E-state index in [-0.39, 0.29) is 18.1 Å². The van der Waals surface area contributed by atoms with Crippen LogP contribution in [0.3, 0.4) is 0 Å². The predicted molar refractivity (Wildman–Crippen MR) is 107 cm³/mol. The molecule has 0 unspecified atom stereocenters. The summed E-state index contributed by atoms with van der Waals surface area (Å²) < 4.78 is 2.11. The Kier molecular flexibility index (Phi) is 6.37. The molecule has 1 aliphatic heterocycles. The van der Waals surface area contributed by atoms with Gasteiger partial charge in [-0.05, 0) is 50.3 Å². The van der Waals surface area contributed by atoms with Gasteiger partial charge in [-0.25, -0.2) is 4.79 Å². The van der Waals surface area contributed by atoms with Gasteiger partial charge in [-0.3, -0.25) is 0 Å². The third-order valence-electron chi connectivity index (χ3n) is 5.34. The van der Waals surface area contributed by atoms with Gasteiger partial charge in [0.25, 0.3) is 0 Å². The summed E-state index contributed by atoms with van der Waals surface area (Å²) >= 11 is 6.00. The minimum Gasteiger partial charge on any atom is -0.335 e. The number of nitrogens with one attached hydrogen (secondary N) is 1. The van der Waals surface area contributed by atoms with Crippen molar-refractivity contribution in [2.75, 3.05) is 6.54 Å². The molecule has 0 saturated carbocycles. The van der Waals surface area contributed by atoms with Gasteiger partial charge in [-0.15, -0.1) is 10.2 Å².